The number of nitrogens with two attached hydrogens (primary N) is 1. The van der Waals surface area contributed by atoms with Gasteiger partial charge in [0.25, 0.3) is 0 Å². The quantitative estimate of drug-likeness (QED) is 0.910. The van der Waals surface area contributed by atoms with E-state index in [9.17, 15) is 9.59 Å². The van der Waals surface area contributed by atoms with Gasteiger partial charge in [-0.05, 0) is 49.8 Å². The van der Waals surface area contributed by atoms with Crippen LogP contribution in [-0.4, -0.2) is 53.3 Å². The molecular weight excluding hydrogens is 314 g/mol. The lowest BCUT2D eigenvalue weighted by atomic mass is 9.90. The maximum Gasteiger partial charge on any atom is 0.248 e. The Bertz CT molecular complexity index is 668. The molecule has 3 fully saturated rings. The van der Waals surface area contributed by atoms with Crippen molar-refractivity contribution < 1.29 is 9.59 Å². The molecule has 25 heavy (non-hydrogen) atoms. The van der Waals surface area contributed by atoms with Gasteiger partial charge in [0.1, 0.15) is 0 Å². The molecule has 0 radical (unpaired) electrons. The third kappa shape index (κ3) is 3.17. The number of rotatable bonds is 4. The number of carbonyl (C=O) groups excluding carboxylic acids is 2. The number of carbonyl (C=O) groups is 2. The molecule has 2 aliphatic carbocycles. The van der Waals surface area contributed by atoms with E-state index in [4.69, 9.17) is 5.73 Å². The molecule has 5 nitrogen and oxygen atoms in total. The average molecular weight is 341 g/mol. The maximum absolute atomic E-state index is 12.9. The lowest BCUT2D eigenvalue weighted by Crippen LogP contribution is -2.58. The predicted molar refractivity (Wildman–Crippen MR) is 96.2 cm³/mol. The van der Waals surface area contributed by atoms with E-state index in [0.29, 0.717) is 23.4 Å². The molecule has 5 heteroatoms. The zero-order chi connectivity index (χ0) is 17.6. The van der Waals surface area contributed by atoms with Crippen LogP contribution >= 0.6 is 0 Å². The molecular formula is C20H27N3O2. The summed E-state index contributed by atoms with van der Waals surface area (Å²) in [5, 5.41) is 0. The molecule has 3 aliphatic rings. The first-order chi connectivity index (χ1) is 12.0. The summed E-state index contributed by atoms with van der Waals surface area (Å²) >= 11 is 0. The van der Waals surface area contributed by atoms with Crippen molar-refractivity contribution in [2.45, 2.75) is 50.6 Å². The molecule has 1 aromatic carbocycles. The van der Waals surface area contributed by atoms with Crippen molar-refractivity contribution in [3.8, 4) is 0 Å². The zero-order valence-electron chi connectivity index (χ0n) is 14.9. The van der Waals surface area contributed by atoms with Crippen LogP contribution in [0.15, 0.2) is 24.3 Å². The summed E-state index contributed by atoms with van der Waals surface area (Å²) in [6.07, 6.45) is 4.93. The fraction of sp³-hybridized carbons (Fsp3) is 0.600. The highest BCUT2D eigenvalue weighted by Crippen LogP contribution is 2.48. The van der Waals surface area contributed by atoms with E-state index < -0.39 is 5.91 Å². The van der Waals surface area contributed by atoms with Crippen LogP contribution in [0.3, 0.4) is 0 Å². The topological polar surface area (TPSA) is 66.6 Å². The highest BCUT2D eigenvalue weighted by molar-refractivity contribution is 5.92. The minimum Gasteiger partial charge on any atom is -0.366 e. The smallest absolute Gasteiger partial charge is 0.248 e. The monoisotopic (exact) mass is 341 g/mol. The highest BCUT2D eigenvalue weighted by atomic mass is 16.2. The Hall–Kier alpha value is -1.88. The number of benzene rings is 1. The largest absolute Gasteiger partial charge is 0.366 e. The van der Waals surface area contributed by atoms with Crippen molar-refractivity contribution in [2.24, 2.45) is 11.7 Å². The van der Waals surface area contributed by atoms with Gasteiger partial charge in [-0.15, -0.1) is 0 Å². The molecule has 0 bridgehead atoms. The van der Waals surface area contributed by atoms with Crippen LogP contribution in [0.5, 0.6) is 0 Å². The molecule has 1 aliphatic heterocycles. The minimum absolute atomic E-state index is 0.108. The van der Waals surface area contributed by atoms with E-state index in [0.717, 1.165) is 37.7 Å². The van der Waals surface area contributed by atoms with Gasteiger partial charge in [0.2, 0.25) is 11.8 Å². The summed E-state index contributed by atoms with van der Waals surface area (Å²) in [7, 11) is 0. The number of amides is 2. The van der Waals surface area contributed by atoms with Gasteiger partial charge in [0.05, 0.1) is 0 Å². The van der Waals surface area contributed by atoms with E-state index >= 15 is 0 Å². The number of nitrogens with zero attached hydrogens (tertiary/aromatic N) is 2. The van der Waals surface area contributed by atoms with Crippen molar-refractivity contribution in [1.29, 1.82) is 0 Å². The normalized spacial score (nSPS) is 30.0. The molecule has 134 valence electrons. The molecule has 0 unspecified atom stereocenters. The summed E-state index contributed by atoms with van der Waals surface area (Å²) in [4.78, 5) is 28.8. The highest BCUT2D eigenvalue weighted by Gasteiger charge is 2.47. The molecule has 1 aromatic rings. The second kappa shape index (κ2) is 6.45. The lowest BCUT2D eigenvalue weighted by molar-refractivity contribution is -0.138. The van der Waals surface area contributed by atoms with E-state index in [-0.39, 0.29) is 5.92 Å². The standard InChI is InChI=1S/C20H27N3O2/c1-13-12-22(16-3-2-4-16)9-10-23(13)20(25)18-11-17(18)14-5-7-15(8-6-14)19(21)24/h5-8,13,16-18H,2-4,9-12H2,1H3,(H2,21,24)/t13-,17+,18-/m1/s1. The Kier molecular flexibility index (Phi) is 4.28. The van der Waals surface area contributed by atoms with Gasteiger partial charge in [0.15, 0.2) is 0 Å². The molecule has 4 rings (SSSR count). The average Bonchev–Trinajstić information content (AvgIpc) is 3.33. The van der Waals surface area contributed by atoms with Gasteiger partial charge in [-0.25, -0.2) is 0 Å². The van der Waals surface area contributed by atoms with Crippen LogP contribution in [0.2, 0.25) is 0 Å². The fourth-order valence-electron chi connectivity index (χ4n) is 4.34. The number of primary amides is 1. The van der Waals surface area contributed by atoms with Gasteiger partial charge in [0, 0.05) is 43.2 Å². The molecule has 2 N–H and O–H groups in total. The van der Waals surface area contributed by atoms with Crippen LogP contribution in [-0.2, 0) is 4.79 Å². The van der Waals surface area contributed by atoms with Crippen molar-refractivity contribution >= 4 is 11.8 Å². The van der Waals surface area contributed by atoms with Gasteiger partial charge < -0.3 is 10.6 Å². The van der Waals surface area contributed by atoms with Crippen LogP contribution in [0, 0.1) is 5.92 Å². The Labute approximate surface area is 149 Å². The van der Waals surface area contributed by atoms with Crippen molar-refractivity contribution in [1.82, 2.24) is 9.80 Å². The molecule has 1 saturated heterocycles. The van der Waals surface area contributed by atoms with Crippen LogP contribution in [0.1, 0.15) is 54.4 Å². The van der Waals surface area contributed by atoms with Gasteiger partial charge in [-0.3, -0.25) is 14.5 Å². The molecule has 3 atom stereocenters. The summed E-state index contributed by atoms with van der Waals surface area (Å²) in [6, 6.07) is 8.47. The Morgan fingerprint density at radius 1 is 1.12 bits per heavy atom. The first-order valence-corrected chi connectivity index (χ1v) is 9.49. The predicted octanol–water partition coefficient (Wildman–Crippen LogP) is 1.97. The second-order valence-corrected chi connectivity index (χ2v) is 7.90. The third-order valence-corrected chi connectivity index (χ3v) is 6.26. The van der Waals surface area contributed by atoms with E-state index in [1.54, 1.807) is 12.1 Å². The van der Waals surface area contributed by atoms with Gasteiger partial charge in [-0.2, -0.15) is 0 Å². The first kappa shape index (κ1) is 16.6. The van der Waals surface area contributed by atoms with Crippen molar-refractivity contribution in [3.05, 3.63) is 35.4 Å². The van der Waals surface area contributed by atoms with E-state index in [2.05, 4.69) is 16.7 Å². The summed E-state index contributed by atoms with van der Waals surface area (Å²) in [5.74, 6) is 0.307. The lowest BCUT2D eigenvalue weighted by Gasteiger charge is -2.46. The van der Waals surface area contributed by atoms with E-state index in [1.807, 2.05) is 12.1 Å². The molecule has 0 aromatic heterocycles. The van der Waals surface area contributed by atoms with E-state index in [1.165, 1.54) is 19.3 Å². The van der Waals surface area contributed by atoms with Gasteiger partial charge in [-0.1, -0.05) is 18.6 Å². The number of piperazine rings is 1. The summed E-state index contributed by atoms with van der Waals surface area (Å²) < 4.78 is 0. The first-order valence-electron chi connectivity index (χ1n) is 9.49. The second-order valence-electron chi connectivity index (χ2n) is 7.90. The fourth-order valence-corrected chi connectivity index (χ4v) is 4.34. The SMILES string of the molecule is C[C@@H]1CN(C2CCC2)CCN1C(=O)[C@@H]1C[C@H]1c1ccc(C(N)=O)cc1. The third-order valence-electron chi connectivity index (χ3n) is 6.26. The summed E-state index contributed by atoms with van der Waals surface area (Å²) in [5.41, 5.74) is 6.95. The minimum atomic E-state index is -0.409. The number of hydrogen-bond acceptors (Lipinski definition) is 3. The zero-order valence-corrected chi connectivity index (χ0v) is 14.9. The molecule has 1 heterocycles. The van der Waals surface area contributed by atoms with Crippen LogP contribution in [0.25, 0.3) is 0 Å². The Balaban J connectivity index is 1.35. The van der Waals surface area contributed by atoms with Gasteiger partial charge >= 0.3 is 0 Å². The van der Waals surface area contributed by atoms with Crippen LogP contribution < -0.4 is 5.73 Å². The Morgan fingerprint density at radius 3 is 2.40 bits per heavy atom. The molecule has 2 amide bonds. The number of hydrogen-bond donors (Lipinski definition) is 1. The van der Waals surface area contributed by atoms with Crippen LogP contribution in [0.4, 0.5) is 0 Å². The van der Waals surface area contributed by atoms with Crippen molar-refractivity contribution in [3.63, 3.8) is 0 Å². The Morgan fingerprint density at radius 2 is 1.84 bits per heavy atom. The maximum atomic E-state index is 12.9. The molecule has 2 saturated carbocycles. The molecule has 0 spiro atoms. The summed E-state index contributed by atoms with van der Waals surface area (Å²) in [6.45, 7) is 5.08. The van der Waals surface area contributed by atoms with Crippen molar-refractivity contribution in [2.75, 3.05) is 19.6 Å².